The SMILES string of the molecule is COc1cc(Oc2cccc(C3(C)OCCO3)c2)ncn1. The summed E-state index contributed by atoms with van der Waals surface area (Å²) >= 11 is 0. The highest BCUT2D eigenvalue weighted by atomic mass is 16.7. The van der Waals surface area contributed by atoms with Crippen LogP contribution in [-0.4, -0.2) is 30.3 Å². The zero-order chi connectivity index (χ0) is 14.7. The number of hydrogen-bond acceptors (Lipinski definition) is 6. The lowest BCUT2D eigenvalue weighted by Crippen LogP contribution is -2.22. The Kier molecular flexibility index (Phi) is 3.72. The molecule has 21 heavy (non-hydrogen) atoms. The molecule has 1 aliphatic rings. The summed E-state index contributed by atoms with van der Waals surface area (Å²) in [6.07, 6.45) is 1.39. The lowest BCUT2D eigenvalue weighted by Gasteiger charge is -2.23. The van der Waals surface area contributed by atoms with Gasteiger partial charge in [-0.2, -0.15) is 0 Å². The Morgan fingerprint density at radius 3 is 2.62 bits per heavy atom. The third-order valence-electron chi connectivity index (χ3n) is 3.25. The van der Waals surface area contributed by atoms with E-state index in [1.54, 1.807) is 13.2 Å². The Balaban J connectivity index is 1.82. The van der Waals surface area contributed by atoms with Gasteiger partial charge in [-0.25, -0.2) is 9.97 Å². The summed E-state index contributed by atoms with van der Waals surface area (Å²) in [5.41, 5.74) is 0.901. The molecule has 0 aliphatic carbocycles. The first kappa shape index (κ1) is 13.8. The maximum absolute atomic E-state index is 5.72. The number of nitrogens with zero attached hydrogens (tertiary/aromatic N) is 2. The molecular weight excluding hydrogens is 272 g/mol. The smallest absolute Gasteiger partial charge is 0.226 e. The summed E-state index contributed by atoms with van der Waals surface area (Å²) in [5, 5.41) is 0. The summed E-state index contributed by atoms with van der Waals surface area (Å²) in [6, 6.07) is 9.17. The van der Waals surface area contributed by atoms with Crippen LogP contribution in [0.1, 0.15) is 12.5 Å². The van der Waals surface area contributed by atoms with E-state index in [9.17, 15) is 0 Å². The molecule has 1 aromatic carbocycles. The monoisotopic (exact) mass is 288 g/mol. The molecule has 2 heterocycles. The molecule has 0 unspecified atom stereocenters. The topological polar surface area (TPSA) is 62.7 Å². The second-order valence-electron chi connectivity index (χ2n) is 4.67. The summed E-state index contributed by atoms with van der Waals surface area (Å²) in [7, 11) is 1.54. The highest BCUT2D eigenvalue weighted by Crippen LogP contribution is 2.33. The first-order chi connectivity index (χ1) is 10.2. The van der Waals surface area contributed by atoms with Crippen LogP contribution in [0.3, 0.4) is 0 Å². The van der Waals surface area contributed by atoms with Crippen LogP contribution in [0.25, 0.3) is 0 Å². The van der Waals surface area contributed by atoms with Gasteiger partial charge in [0.05, 0.1) is 26.4 Å². The molecule has 0 spiro atoms. The van der Waals surface area contributed by atoms with Gasteiger partial charge < -0.3 is 18.9 Å². The van der Waals surface area contributed by atoms with E-state index in [0.717, 1.165) is 5.56 Å². The van der Waals surface area contributed by atoms with E-state index >= 15 is 0 Å². The van der Waals surface area contributed by atoms with Gasteiger partial charge in [-0.05, 0) is 19.1 Å². The minimum Gasteiger partial charge on any atom is -0.481 e. The molecule has 2 aromatic rings. The van der Waals surface area contributed by atoms with Gasteiger partial charge in [-0.15, -0.1) is 0 Å². The molecule has 1 fully saturated rings. The zero-order valence-corrected chi connectivity index (χ0v) is 11.9. The van der Waals surface area contributed by atoms with Gasteiger partial charge in [-0.3, -0.25) is 0 Å². The van der Waals surface area contributed by atoms with Crippen molar-refractivity contribution in [3.05, 3.63) is 42.2 Å². The standard InChI is InChI=1S/C15H16N2O4/c1-15(19-6-7-20-15)11-4-3-5-12(8-11)21-14-9-13(18-2)16-10-17-14/h3-5,8-10H,6-7H2,1-2H3. The van der Waals surface area contributed by atoms with Gasteiger partial charge in [0.15, 0.2) is 5.79 Å². The Morgan fingerprint density at radius 1 is 1.10 bits per heavy atom. The van der Waals surface area contributed by atoms with Crippen LogP contribution in [0.2, 0.25) is 0 Å². The maximum Gasteiger partial charge on any atom is 0.226 e. The largest absolute Gasteiger partial charge is 0.481 e. The molecule has 0 atom stereocenters. The average molecular weight is 288 g/mol. The van der Waals surface area contributed by atoms with Crippen molar-refractivity contribution < 1.29 is 18.9 Å². The summed E-state index contributed by atoms with van der Waals surface area (Å²) in [5.74, 6) is 0.791. The number of hydrogen-bond donors (Lipinski definition) is 0. The average Bonchev–Trinajstić information content (AvgIpc) is 2.96. The predicted octanol–water partition coefficient (Wildman–Crippen LogP) is 2.50. The lowest BCUT2D eigenvalue weighted by molar-refractivity contribution is -0.149. The van der Waals surface area contributed by atoms with Gasteiger partial charge in [0, 0.05) is 5.56 Å². The van der Waals surface area contributed by atoms with Gasteiger partial charge >= 0.3 is 0 Å². The first-order valence-electron chi connectivity index (χ1n) is 6.62. The van der Waals surface area contributed by atoms with E-state index in [-0.39, 0.29) is 0 Å². The van der Waals surface area contributed by atoms with E-state index in [2.05, 4.69) is 9.97 Å². The van der Waals surface area contributed by atoms with Gasteiger partial charge in [-0.1, -0.05) is 12.1 Å². The van der Waals surface area contributed by atoms with Gasteiger partial charge in [0.2, 0.25) is 11.8 Å². The molecule has 0 bridgehead atoms. The highest BCUT2D eigenvalue weighted by molar-refractivity contribution is 5.34. The third kappa shape index (κ3) is 2.96. The quantitative estimate of drug-likeness (QED) is 0.861. The van der Waals surface area contributed by atoms with E-state index in [4.69, 9.17) is 18.9 Å². The minimum atomic E-state index is -0.720. The van der Waals surface area contributed by atoms with Crippen LogP contribution in [0.15, 0.2) is 36.7 Å². The number of ether oxygens (including phenoxy) is 4. The zero-order valence-electron chi connectivity index (χ0n) is 11.9. The summed E-state index contributed by atoms with van der Waals surface area (Å²) < 4.78 is 22.1. The fraction of sp³-hybridized carbons (Fsp3) is 0.333. The second kappa shape index (κ2) is 5.67. The molecule has 1 saturated heterocycles. The predicted molar refractivity (Wildman–Crippen MR) is 74.4 cm³/mol. The van der Waals surface area contributed by atoms with Crippen LogP contribution in [0, 0.1) is 0 Å². The normalized spacial score (nSPS) is 16.7. The molecule has 6 heteroatoms. The Bertz CT molecular complexity index is 627. The Morgan fingerprint density at radius 2 is 1.86 bits per heavy atom. The molecule has 1 aromatic heterocycles. The molecule has 1 aliphatic heterocycles. The number of benzene rings is 1. The van der Waals surface area contributed by atoms with Crippen molar-refractivity contribution in [1.82, 2.24) is 9.97 Å². The van der Waals surface area contributed by atoms with E-state index in [1.807, 2.05) is 31.2 Å². The number of rotatable bonds is 4. The van der Waals surface area contributed by atoms with Gasteiger partial charge in [0.25, 0.3) is 0 Å². The van der Waals surface area contributed by atoms with Crippen molar-refractivity contribution in [1.29, 1.82) is 0 Å². The van der Waals surface area contributed by atoms with Crippen molar-refractivity contribution in [3.8, 4) is 17.5 Å². The summed E-state index contributed by atoms with van der Waals surface area (Å²) in [6.45, 7) is 3.07. The van der Waals surface area contributed by atoms with Crippen LogP contribution in [0.4, 0.5) is 0 Å². The number of aromatic nitrogens is 2. The van der Waals surface area contributed by atoms with Crippen LogP contribution < -0.4 is 9.47 Å². The lowest BCUT2D eigenvalue weighted by atomic mass is 10.1. The van der Waals surface area contributed by atoms with E-state index in [1.165, 1.54) is 6.33 Å². The fourth-order valence-electron chi connectivity index (χ4n) is 2.13. The Labute approximate surface area is 122 Å². The number of methoxy groups -OCH3 is 1. The first-order valence-corrected chi connectivity index (χ1v) is 6.62. The molecule has 6 nitrogen and oxygen atoms in total. The van der Waals surface area contributed by atoms with Crippen molar-refractivity contribution >= 4 is 0 Å². The van der Waals surface area contributed by atoms with Crippen molar-refractivity contribution in [2.24, 2.45) is 0 Å². The Hall–Kier alpha value is -2.18. The van der Waals surface area contributed by atoms with Crippen LogP contribution >= 0.6 is 0 Å². The minimum absolute atomic E-state index is 0.414. The van der Waals surface area contributed by atoms with Crippen LogP contribution in [0.5, 0.6) is 17.5 Å². The highest BCUT2D eigenvalue weighted by Gasteiger charge is 2.33. The van der Waals surface area contributed by atoms with Crippen molar-refractivity contribution in [2.75, 3.05) is 20.3 Å². The fourth-order valence-corrected chi connectivity index (χ4v) is 2.13. The van der Waals surface area contributed by atoms with Gasteiger partial charge in [0.1, 0.15) is 12.1 Å². The third-order valence-corrected chi connectivity index (χ3v) is 3.25. The van der Waals surface area contributed by atoms with Crippen molar-refractivity contribution in [3.63, 3.8) is 0 Å². The van der Waals surface area contributed by atoms with E-state index in [0.29, 0.717) is 30.7 Å². The van der Waals surface area contributed by atoms with Crippen LogP contribution in [-0.2, 0) is 15.3 Å². The van der Waals surface area contributed by atoms with Crippen molar-refractivity contribution in [2.45, 2.75) is 12.7 Å². The molecule has 0 N–H and O–H groups in total. The van der Waals surface area contributed by atoms with E-state index < -0.39 is 5.79 Å². The molecule has 0 amide bonds. The summed E-state index contributed by atoms with van der Waals surface area (Å²) in [4.78, 5) is 7.99. The molecule has 0 saturated carbocycles. The maximum atomic E-state index is 5.72. The molecule has 3 rings (SSSR count). The molecule has 110 valence electrons. The molecule has 0 radical (unpaired) electrons. The second-order valence-corrected chi connectivity index (χ2v) is 4.67. The molecular formula is C15H16N2O4.